The Morgan fingerprint density at radius 2 is 1.77 bits per heavy atom. The second kappa shape index (κ2) is 12.9. The molecule has 0 bridgehead atoms. The molecular weight excluding hydrogens is 372 g/mol. The molecule has 2 N–H and O–H groups in total. The topological polar surface area (TPSA) is 55.8 Å². The third kappa shape index (κ3) is 7.67. The zero-order valence-electron chi connectivity index (χ0n) is 18.3. The minimum absolute atomic E-state index is 0.842. The molecular formula is C24H36N6. The quantitative estimate of drug-likeness (QED) is 0.360. The highest BCUT2D eigenvalue weighted by Crippen LogP contribution is 2.15. The van der Waals surface area contributed by atoms with Crippen LogP contribution in [0.15, 0.2) is 59.7 Å². The fourth-order valence-corrected chi connectivity index (χ4v) is 3.70. The second-order valence-electron chi connectivity index (χ2n) is 7.63. The molecule has 1 aromatic carbocycles. The van der Waals surface area contributed by atoms with Crippen LogP contribution in [0.2, 0.25) is 0 Å². The summed E-state index contributed by atoms with van der Waals surface area (Å²) in [4.78, 5) is 14.2. The maximum atomic E-state index is 4.73. The summed E-state index contributed by atoms with van der Waals surface area (Å²) < 4.78 is 0. The number of guanidine groups is 1. The summed E-state index contributed by atoms with van der Waals surface area (Å²) >= 11 is 0. The summed E-state index contributed by atoms with van der Waals surface area (Å²) in [5.41, 5.74) is 2.45. The smallest absolute Gasteiger partial charge is 0.191 e. The van der Waals surface area contributed by atoms with Gasteiger partial charge in [-0.15, -0.1) is 0 Å². The van der Waals surface area contributed by atoms with Gasteiger partial charge in [-0.2, -0.15) is 0 Å². The van der Waals surface area contributed by atoms with Crippen LogP contribution < -0.4 is 15.5 Å². The molecule has 3 rings (SSSR count). The fraction of sp³-hybridized carbons (Fsp3) is 0.500. The molecule has 1 aliphatic rings. The standard InChI is InChI=1S/C24H36N6/c1-2-25-24(28-16-13-22-10-6-7-14-26-22)27-15-8-9-17-29-18-20-30(21-19-29)23-11-4-3-5-12-23/h3-7,10-12,14H,2,8-9,13,15-21H2,1H3,(H2,25,27,28). The van der Waals surface area contributed by atoms with Crippen LogP contribution in [-0.2, 0) is 6.42 Å². The summed E-state index contributed by atoms with van der Waals surface area (Å²) in [6.45, 7) is 10.4. The molecule has 1 aromatic heterocycles. The molecule has 0 spiro atoms. The highest BCUT2D eigenvalue weighted by Gasteiger charge is 2.16. The lowest BCUT2D eigenvalue weighted by Gasteiger charge is -2.36. The van der Waals surface area contributed by atoms with Gasteiger partial charge in [-0.1, -0.05) is 24.3 Å². The normalized spacial score (nSPS) is 15.2. The lowest BCUT2D eigenvalue weighted by atomic mass is 10.2. The number of rotatable bonds is 10. The Balaban J connectivity index is 1.29. The average Bonchev–Trinajstić information content (AvgIpc) is 2.80. The number of hydrogen-bond acceptors (Lipinski definition) is 4. The number of pyridine rings is 1. The van der Waals surface area contributed by atoms with Crippen LogP contribution in [0.4, 0.5) is 5.69 Å². The van der Waals surface area contributed by atoms with E-state index in [1.807, 2.05) is 18.3 Å². The molecule has 1 fully saturated rings. The molecule has 2 heterocycles. The van der Waals surface area contributed by atoms with Crippen LogP contribution in [-0.4, -0.2) is 68.2 Å². The van der Waals surface area contributed by atoms with Crippen LogP contribution in [0, 0.1) is 0 Å². The third-order valence-corrected chi connectivity index (χ3v) is 5.39. The molecule has 2 aromatic rings. The molecule has 0 atom stereocenters. The van der Waals surface area contributed by atoms with Crippen LogP contribution >= 0.6 is 0 Å². The van der Waals surface area contributed by atoms with Gasteiger partial charge in [0.15, 0.2) is 5.96 Å². The molecule has 0 radical (unpaired) electrons. The van der Waals surface area contributed by atoms with Gasteiger partial charge >= 0.3 is 0 Å². The highest BCUT2D eigenvalue weighted by atomic mass is 15.3. The van der Waals surface area contributed by atoms with E-state index < -0.39 is 0 Å². The monoisotopic (exact) mass is 408 g/mol. The summed E-state index contributed by atoms with van der Waals surface area (Å²) in [6.07, 6.45) is 5.06. The predicted molar refractivity (Wildman–Crippen MR) is 126 cm³/mol. The van der Waals surface area contributed by atoms with Gasteiger partial charge in [0.25, 0.3) is 0 Å². The number of para-hydroxylation sites is 1. The Morgan fingerprint density at radius 1 is 0.967 bits per heavy atom. The second-order valence-corrected chi connectivity index (χ2v) is 7.63. The van der Waals surface area contributed by atoms with E-state index in [4.69, 9.17) is 4.99 Å². The van der Waals surface area contributed by atoms with Crippen molar-refractivity contribution >= 4 is 11.6 Å². The van der Waals surface area contributed by atoms with Gasteiger partial charge in [0.1, 0.15) is 0 Å². The zero-order chi connectivity index (χ0) is 20.9. The van der Waals surface area contributed by atoms with E-state index in [0.29, 0.717) is 0 Å². The SMILES string of the molecule is CCNC(=NCCCCN1CCN(c2ccccc2)CC1)NCCc1ccccn1. The Morgan fingerprint density at radius 3 is 2.50 bits per heavy atom. The van der Waals surface area contributed by atoms with Gasteiger partial charge in [0.2, 0.25) is 0 Å². The molecule has 0 aliphatic carbocycles. The molecule has 0 amide bonds. The van der Waals surface area contributed by atoms with Gasteiger partial charge in [-0.05, 0) is 50.6 Å². The van der Waals surface area contributed by atoms with Crippen molar-refractivity contribution in [2.24, 2.45) is 4.99 Å². The van der Waals surface area contributed by atoms with Crippen molar-refractivity contribution in [3.8, 4) is 0 Å². The predicted octanol–water partition coefficient (Wildman–Crippen LogP) is 2.78. The number of aromatic nitrogens is 1. The van der Waals surface area contributed by atoms with Gasteiger partial charge in [0, 0.05) is 69.8 Å². The van der Waals surface area contributed by atoms with Crippen LogP contribution in [0.5, 0.6) is 0 Å². The number of aliphatic imine (C=N–C) groups is 1. The van der Waals surface area contributed by atoms with Gasteiger partial charge in [0.05, 0.1) is 0 Å². The number of unbranched alkanes of at least 4 members (excludes halogenated alkanes) is 1. The van der Waals surface area contributed by atoms with E-state index in [1.54, 1.807) is 0 Å². The third-order valence-electron chi connectivity index (χ3n) is 5.39. The summed E-state index contributed by atoms with van der Waals surface area (Å²) in [5, 5.41) is 6.74. The van der Waals surface area contributed by atoms with E-state index in [1.165, 1.54) is 18.7 Å². The number of nitrogens with zero attached hydrogens (tertiary/aromatic N) is 4. The van der Waals surface area contributed by atoms with Gasteiger partial charge < -0.3 is 15.5 Å². The first kappa shape index (κ1) is 22.1. The summed E-state index contributed by atoms with van der Waals surface area (Å²) in [5.74, 6) is 0.907. The highest BCUT2D eigenvalue weighted by molar-refractivity contribution is 5.79. The van der Waals surface area contributed by atoms with Crippen LogP contribution in [0.3, 0.4) is 0 Å². The molecule has 6 nitrogen and oxygen atoms in total. The van der Waals surface area contributed by atoms with Gasteiger partial charge in [-0.25, -0.2) is 0 Å². The molecule has 162 valence electrons. The van der Waals surface area contributed by atoms with Crippen molar-refractivity contribution in [2.75, 3.05) is 57.3 Å². The first-order valence-corrected chi connectivity index (χ1v) is 11.3. The summed E-state index contributed by atoms with van der Waals surface area (Å²) in [6, 6.07) is 16.8. The number of hydrogen-bond donors (Lipinski definition) is 2. The first-order chi connectivity index (χ1) is 14.8. The van der Waals surface area contributed by atoms with Crippen molar-refractivity contribution in [1.29, 1.82) is 0 Å². The molecule has 0 unspecified atom stereocenters. The van der Waals surface area contributed by atoms with E-state index in [-0.39, 0.29) is 0 Å². The van der Waals surface area contributed by atoms with E-state index in [2.05, 4.69) is 68.7 Å². The van der Waals surface area contributed by atoms with Crippen molar-refractivity contribution in [3.05, 3.63) is 60.4 Å². The number of benzene rings is 1. The van der Waals surface area contributed by atoms with Crippen molar-refractivity contribution < 1.29 is 0 Å². The Kier molecular flexibility index (Phi) is 9.47. The van der Waals surface area contributed by atoms with E-state index >= 15 is 0 Å². The molecule has 0 saturated carbocycles. The van der Waals surface area contributed by atoms with Crippen LogP contribution in [0.25, 0.3) is 0 Å². The minimum Gasteiger partial charge on any atom is -0.369 e. The van der Waals surface area contributed by atoms with E-state index in [9.17, 15) is 0 Å². The Bertz CT molecular complexity index is 726. The van der Waals surface area contributed by atoms with Crippen molar-refractivity contribution in [2.45, 2.75) is 26.2 Å². The molecule has 6 heteroatoms. The Labute approximate surface area is 181 Å². The lowest BCUT2D eigenvalue weighted by molar-refractivity contribution is 0.253. The fourth-order valence-electron chi connectivity index (χ4n) is 3.70. The van der Waals surface area contributed by atoms with E-state index in [0.717, 1.165) is 70.3 Å². The lowest BCUT2D eigenvalue weighted by Crippen LogP contribution is -2.46. The zero-order valence-corrected chi connectivity index (χ0v) is 18.3. The Hall–Kier alpha value is -2.60. The maximum Gasteiger partial charge on any atom is 0.191 e. The summed E-state index contributed by atoms with van der Waals surface area (Å²) in [7, 11) is 0. The molecule has 1 aliphatic heterocycles. The average molecular weight is 409 g/mol. The van der Waals surface area contributed by atoms with Gasteiger partial charge in [-0.3, -0.25) is 14.9 Å². The first-order valence-electron chi connectivity index (χ1n) is 11.3. The van der Waals surface area contributed by atoms with Crippen LogP contribution in [0.1, 0.15) is 25.5 Å². The minimum atomic E-state index is 0.842. The largest absolute Gasteiger partial charge is 0.369 e. The van der Waals surface area contributed by atoms with Crippen molar-refractivity contribution in [3.63, 3.8) is 0 Å². The maximum absolute atomic E-state index is 4.73. The van der Waals surface area contributed by atoms with Crippen molar-refractivity contribution in [1.82, 2.24) is 20.5 Å². The number of nitrogens with one attached hydrogen (secondary N) is 2. The number of piperazine rings is 1. The molecule has 1 saturated heterocycles. The number of anilines is 1. The molecule has 30 heavy (non-hydrogen) atoms.